The largest absolute Gasteiger partial charge is 0.489 e. The summed E-state index contributed by atoms with van der Waals surface area (Å²) < 4.78 is 11.7. The van der Waals surface area contributed by atoms with Crippen molar-refractivity contribution in [3.05, 3.63) is 64.2 Å². The minimum absolute atomic E-state index is 0.0483. The molecule has 5 nitrogen and oxygen atoms in total. The zero-order chi connectivity index (χ0) is 19.2. The Kier molecular flexibility index (Phi) is 6.72. The number of carboxylic acid groups (broad SMARTS) is 1. The van der Waals surface area contributed by atoms with E-state index in [1.54, 1.807) is 0 Å². The molecule has 0 aliphatic carbocycles. The van der Waals surface area contributed by atoms with Crippen molar-refractivity contribution >= 4 is 17.6 Å². The van der Waals surface area contributed by atoms with Crippen LogP contribution in [0, 0.1) is 6.92 Å². The van der Waals surface area contributed by atoms with Gasteiger partial charge in [-0.05, 0) is 30.7 Å². The van der Waals surface area contributed by atoms with E-state index in [-0.39, 0.29) is 12.5 Å². The van der Waals surface area contributed by atoms with Crippen LogP contribution in [0.15, 0.2) is 42.5 Å². The highest BCUT2D eigenvalue weighted by Crippen LogP contribution is 2.25. The number of aliphatic carboxylic acids is 1. The molecule has 144 valence electrons. The Morgan fingerprint density at radius 3 is 2.81 bits per heavy atom. The number of halogens is 1. The molecule has 3 rings (SSSR count). The molecule has 6 heteroatoms. The second-order valence-electron chi connectivity index (χ2n) is 6.76. The molecule has 1 saturated heterocycles. The van der Waals surface area contributed by atoms with Gasteiger partial charge in [0.2, 0.25) is 0 Å². The Morgan fingerprint density at radius 1 is 1.30 bits per heavy atom. The van der Waals surface area contributed by atoms with Gasteiger partial charge in [0.15, 0.2) is 0 Å². The predicted octanol–water partition coefficient (Wildman–Crippen LogP) is 4.08. The van der Waals surface area contributed by atoms with Crippen molar-refractivity contribution in [2.75, 3.05) is 26.2 Å². The molecule has 1 N–H and O–H groups in total. The molecule has 0 amide bonds. The molecular formula is C21H24ClNO4. The Balaban J connectivity index is 1.56. The van der Waals surface area contributed by atoms with E-state index in [0.29, 0.717) is 31.3 Å². The van der Waals surface area contributed by atoms with E-state index in [0.717, 1.165) is 29.0 Å². The SMILES string of the molecule is Cc1ccc(Cl)c(COc2ccc(C3CN(CCC(=O)O)CCO3)cc2)c1. The molecule has 1 unspecified atom stereocenters. The first kappa shape index (κ1) is 19.7. The van der Waals surface area contributed by atoms with Crippen LogP contribution in [0.3, 0.4) is 0 Å². The fourth-order valence-electron chi connectivity index (χ4n) is 3.11. The van der Waals surface area contributed by atoms with E-state index in [1.807, 2.05) is 49.4 Å². The van der Waals surface area contributed by atoms with Crippen molar-refractivity contribution in [3.63, 3.8) is 0 Å². The van der Waals surface area contributed by atoms with Crippen LogP contribution in [-0.4, -0.2) is 42.2 Å². The van der Waals surface area contributed by atoms with Crippen LogP contribution in [-0.2, 0) is 16.1 Å². The number of nitrogens with zero attached hydrogens (tertiary/aromatic N) is 1. The number of ether oxygens (including phenoxy) is 2. The molecule has 1 fully saturated rings. The van der Waals surface area contributed by atoms with Gasteiger partial charge in [-0.3, -0.25) is 9.69 Å². The Bertz CT molecular complexity index is 778. The first-order valence-electron chi connectivity index (χ1n) is 9.05. The summed E-state index contributed by atoms with van der Waals surface area (Å²) in [4.78, 5) is 12.9. The summed E-state index contributed by atoms with van der Waals surface area (Å²) in [5, 5.41) is 9.55. The highest BCUT2D eigenvalue weighted by molar-refractivity contribution is 6.31. The lowest BCUT2D eigenvalue weighted by Gasteiger charge is -2.32. The van der Waals surface area contributed by atoms with Gasteiger partial charge in [-0.15, -0.1) is 0 Å². The van der Waals surface area contributed by atoms with Gasteiger partial charge < -0.3 is 14.6 Å². The molecule has 1 aliphatic rings. The molecule has 1 aliphatic heterocycles. The van der Waals surface area contributed by atoms with Crippen molar-refractivity contribution in [2.45, 2.75) is 26.1 Å². The van der Waals surface area contributed by atoms with Gasteiger partial charge in [-0.1, -0.05) is 41.4 Å². The van der Waals surface area contributed by atoms with Crippen LogP contribution in [0.2, 0.25) is 5.02 Å². The van der Waals surface area contributed by atoms with Gasteiger partial charge in [0, 0.05) is 30.2 Å². The summed E-state index contributed by atoms with van der Waals surface area (Å²) in [6.45, 7) is 5.07. The fourth-order valence-corrected chi connectivity index (χ4v) is 3.29. The number of morpholine rings is 1. The molecule has 0 aromatic heterocycles. The third-order valence-corrected chi connectivity index (χ3v) is 5.01. The van der Waals surface area contributed by atoms with Crippen LogP contribution in [0.25, 0.3) is 0 Å². The van der Waals surface area contributed by atoms with Crippen molar-refractivity contribution in [3.8, 4) is 5.75 Å². The molecule has 1 atom stereocenters. The van der Waals surface area contributed by atoms with Crippen LogP contribution < -0.4 is 4.74 Å². The molecule has 2 aromatic carbocycles. The Labute approximate surface area is 164 Å². The first-order chi connectivity index (χ1) is 13.0. The van der Waals surface area contributed by atoms with Crippen LogP contribution >= 0.6 is 11.6 Å². The van der Waals surface area contributed by atoms with Gasteiger partial charge in [0.1, 0.15) is 12.4 Å². The summed E-state index contributed by atoms with van der Waals surface area (Å²) in [7, 11) is 0. The van der Waals surface area contributed by atoms with Crippen LogP contribution in [0.4, 0.5) is 0 Å². The molecule has 2 aromatic rings. The molecule has 0 spiro atoms. The summed E-state index contributed by atoms with van der Waals surface area (Å²) in [5.41, 5.74) is 3.18. The van der Waals surface area contributed by atoms with Gasteiger partial charge in [-0.2, -0.15) is 0 Å². The van der Waals surface area contributed by atoms with Gasteiger partial charge >= 0.3 is 5.97 Å². The van der Waals surface area contributed by atoms with E-state index in [9.17, 15) is 4.79 Å². The maximum Gasteiger partial charge on any atom is 0.304 e. The second-order valence-corrected chi connectivity index (χ2v) is 7.16. The Hall–Kier alpha value is -2.08. The normalized spacial score (nSPS) is 17.6. The van der Waals surface area contributed by atoms with E-state index >= 15 is 0 Å². The fraction of sp³-hybridized carbons (Fsp3) is 0.381. The van der Waals surface area contributed by atoms with Crippen molar-refractivity contribution in [1.29, 1.82) is 0 Å². The molecule has 0 radical (unpaired) electrons. The lowest BCUT2D eigenvalue weighted by Crippen LogP contribution is -2.39. The summed E-state index contributed by atoms with van der Waals surface area (Å²) >= 11 is 6.21. The zero-order valence-electron chi connectivity index (χ0n) is 15.4. The number of carboxylic acids is 1. The standard InChI is InChI=1S/C21H24ClNO4/c1-15-2-7-19(22)17(12-15)14-27-18-5-3-16(4-6-18)20-13-23(10-11-26-20)9-8-21(24)25/h2-7,12,20H,8-11,13-14H2,1H3,(H,24,25). The highest BCUT2D eigenvalue weighted by Gasteiger charge is 2.22. The average molecular weight is 390 g/mol. The average Bonchev–Trinajstić information content (AvgIpc) is 2.68. The van der Waals surface area contributed by atoms with Crippen molar-refractivity contribution in [2.24, 2.45) is 0 Å². The maximum absolute atomic E-state index is 10.8. The smallest absolute Gasteiger partial charge is 0.304 e. The lowest BCUT2D eigenvalue weighted by atomic mass is 10.1. The van der Waals surface area contributed by atoms with Gasteiger partial charge in [0.25, 0.3) is 0 Å². The topological polar surface area (TPSA) is 59.0 Å². The molecule has 27 heavy (non-hydrogen) atoms. The van der Waals surface area contributed by atoms with Crippen molar-refractivity contribution < 1.29 is 19.4 Å². The van der Waals surface area contributed by atoms with Gasteiger partial charge in [-0.25, -0.2) is 0 Å². The van der Waals surface area contributed by atoms with Crippen molar-refractivity contribution in [1.82, 2.24) is 4.90 Å². The van der Waals surface area contributed by atoms with E-state index < -0.39 is 5.97 Å². The number of rotatable bonds is 7. The first-order valence-corrected chi connectivity index (χ1v) is 9.42. The number of benzene rings is 2. The zero-order valence-corrected chi connectivity index (χ0v) is 16.1. The Morgan fingerprint density at radius 2 is 2.07 bits per heavy atom. The second kappa shape index (κ2) is 9.22. The maximum atomic E-state index is 10.8. The van der Waals surface area contributed by atoms with E-state index in [1.165, 1.54) is 0 Å². The monoisotopic (exact) mass is 389 g/mol. The number of hydrogen-bond acceptors (Lipinski definition) is 4. The summed E-state index contributed by atoms with van der Waals surface area (Å²) in [5.74, 6) is 0.00289. The number of hydrogen-bond donors (Lipinski definition) is 1. The number of carbonyl (C=O) groups is 1. The summed E-state index contributed by atoms with van der Waals surface area (Å²) in [6.07, 6.45) is 0.105. The molecular weight excluding hydrogens is 366 g/mol. The summed E-state index contributed by atoms with van der Waals surface area (Å²) in [6, 6.07) is 13.7. The van der Waals surface area contributed by atoms with E-state index in [2.05, 4.69) is 4.90 Å². The quantitative estimate of drug-likeness (QED) is 0.773. The third-order valence-electron chi connectivity index (χ3n) is 4.64. The molecule has 1 heterocycles. The molecule has 0 bridgehead atoms. The van der Waals surface area contributed by atoms with E-state index in [4.69, 9.17) is 26.2 Å². The highest BCUT2D eigenvalue weighted by atomic mass is 35.5. The third kappa shape index (κ3) is 5.70. The lowest BCUT2D eigenvalue weighted by molar-refractivity contribution is -0.137. The predicted molar refractivity (Wildman–Crippen MR) is 104 cm³/mol. The minimum atomic E-state index is -0.770. The number of aryl methyl sites for hydroxylation is 1. The minimum Gasteiger partial charge on any atom is -0.489 e. The van der Waals surface area contributed by atoms with Crippen LogP contribution in [0.5, 0.6) is 5.75 Å². The van der Waals surface area contributed by atoms with Gasteiger partial charge in [0.05, 0.1) is 19.1 Å². The van der Waals surface area contributed by atoms with Crippen LogP contribution in [0.1, 0.15) is 29.2 Å². The molecule has 0 saturated carbocycles.